The third-order valence-electron chi connectivity index (χ3n) is 2.86. The highest BCUT2D eigenvalue weighted by molar-refractivity contribution is 9.10. The van der Waals surface area contributed by atoms with E-state index in [1.165, 1.54) is 25.4 Å². The Labute approximate surface area is 135 Å². The van der Waals surface area contributed by atoms with Crippen molar-refractivity contribution in [1.29, 1.82) is 0 Å². The molecule has 6 nitrogen and oxygen atoms in total. The fourth-order valence-corrected chi connectivity index (χ4v) is 3.90. The summed E-state index contributed by atoms with van der Waals surface area (Å²) in [7, 11) is -2.33. The van der Waals surface area contributed by atoms with Crippen molar-refractivity contribution in [2.24, 2.45) is 0 Å². The van der Waals surface area contributed by atoms with Crippen molar-refractivity contribution in [3.63, 3.8) is 0 Å². The van der Waals surface area contributed by atoms with Crippen molar-refractivity contribution >= 4 is 31.7 Å². The molecule has 1 N–H and O–H groups in total. The van der Waals surface area contributed by atoms with Crippen LogP contribution in [0.15, 0.2) is 46.0 Å². The first-order chi connectivity index (χ1) is 10.3. The number of carbonyl (C=O) groups is 1. The standard InChI is InChI=1S/C14H12BrNO5S/c1-21-12-3-2-11(15)5-13(12)22(19,20)8-9-4-10(14(17)18)7-16-6-9/h2-7H,8H2,1H3,(H,17,18). The second kappa shape index (κ2) is 6.45. The van der Waals surface area contributed by atoms with Gasteiger partial charge in [0.25, 0.3) is 0 Å². The van der Waals surface area contributed by atoms with Crippen molar-refractivity contribution in [3.8, 4) is 5.75 Å². The molecule has 8 heteroatoms. The maximum atomic E-state index is 12.5. The normalized spacial score (nSPS) is 11.2. The number of carboxylic acids is 1. The average molecular weight is 386 g/mol. The van der Waals surface area contributed by atoms with Crippen LogP contribution in [0.4, 0.5) is 0 Å². The summed E-state index contributed by atoms with van der Waals surface area (Å²) in [5.74, 6) is -1.30. The molecule has 2 rings (SSSR count). The predicted octanol–water partition coefficient (Wildman–Crippen LogP) is 2.52. The molecule has 0 saturated heterocycles. The number of benzene rings is 1. The minimum Gasteiger partial charge on any atom is -0.495 e. The van der Waals surface area contributed by atoms with Gasteiger partial charge in [-0.15, -0.1) is 0 Å². The molecule has 0 aliphatic carbocycles. The molecular formula is C14H12BrNO5S. The summed E-state index contributed by atoms with van der Waals surface area (Å²) < 4.78 is 30.8. The van der Waals surface area contributed by atoms with Crippen molar-refractivity contribution < 1.29 is 23.1 Å². The van der Waals surface area contributed by atoms with Crippen LogP contribution in [0.2, 0.25) is 0 Å². The van der Waals surface area contributed by atoms with Gasteiger partial charge < -0.3 is 9.84 Å². The van der Waals surface area contributed by atoms with Crippen LogP contribution < -0.4 is 4.74 Å². The number of aromatic carboxylic acids is 1. The molecule has 0 aliphatic heterocycles. The lowest BCUT2D eigenvalue weighted by atomic mass is 10.2. The van der Waals surface area contributed by atoms with Crippen molar-refractivity contribution in [1.82, 2.24) is 4.98 Å². The number of rotatable bonds is 5. The summed E-state index contributed by atoms with van der Waals surface area (Å²) >= 11 is 3.22. The molecule has 1 aromatic heterocycles. The molecule has 0 amide bonds. The fourth-order valence-electron chi connectivity index (χ4n) is 1.87. The molecule has 0 aliphatic rings. The van der Waals surface area contributed by atoms with Crippen LogP contribution in [0.25, 0.3) is 0 Å². The Hall–Kier alpha value is -1.93. The molecule has 0 spiro atoms. The topological polar surface area (TPSA) is 93.6 Å². The molecule has 22 heavy (non-hydrogen) atoms. The van der Waals surface area contributed by atoms with Gasteiger partial charge in [-0.3, -0.25) is 4.98 Å². The van der Waals surface area contributed by atoms with E-state index in [0.29, 0.717) is 10.0 Å². The van der Waals surface area contributed by atoms with E-state index in [2.05, 4.69) is 20.9 Å². The van der Waals surface area contributed by atoms with Gasteiger partial charge in [0.1, 0.15) is 10.6 Å². The predicted molar refractivity (Wildman–Crippen MR) is 82.8 cm³/mol. The summed E-state index contributed by atoms with van der Waals surface area (Å²) in [4.78, 5) is 14.7. The minimum atomic E-state index is -3.71. The Morgan fingerprint density at radius 1 is 1.32 bits per heavy atom. The first-order valence-corrected chi connectivity index (χ1v) is 8.51. The van der Waals surface area contributed by atoms with Gasteiger partial charge in [0.2, 0.25) is 0 Å². The Bertz CT molecular complexity index is 820. The summed E-state index contributed by atoms with van der Waals surface area (Å²) in [6, 6.07) is 5.95. The van der Waals surface area contributed by atoms with E-state index in [0.717, 1.165) is 6.20 Å². The maximum Gasteiger partial charge on any atom is 0.337 e. The number of aromatic nitrogens is 1. The third-order valence-corrected chi connectivity index (χ3v) is 5.06. The van der Waals surface area contributed by atoms with Crippen LogP contribution in [0.5, 0.6) is 5.75 Å². The number of pyridine rings is 1. The van der Waals surface area contributed by atoms with Crippen LogP contribution in [0.1, 0.15) is 15.9 Å². The Morgan fingerprint density at radius 3 is 2.68 bits per heavy atom. The summed E-state index contributed by atoms with van der Waals surface area (Å²) in [6.45, 7) is 0. The number of halogens is 1. The number of sulfone groups is 1. The Balaban J connectivity index is 2.42. The number of methoxy groups -OCH3 is 1. The van der Waals surface area contributed by atoms with E-state index < -0.39 is 15.8 Å². The summed E-state index contributed by atoms with van der Waals surface area (Å²) in [5, 5.41) is 8.93. The summed E-state index contributed by atoms with van der Waals surface area (Å²) in [5.41, 5.74) is 0.232. The van der Waals surface area contributed by atoms with Crippen LogP contribution in [0.3, 0.4) is 0 Å². The molecule has 2 aromatic rings. The Morgan fingerprint density at radius 2 is 2.05 bits per heavy atom. The zero-order valence-electron chi connectivity index (χ0n) is 11.5. The first kappa shape index (κ1) is 16.4. The molecule has 0 radical (unpaired) electrons. The average Bonchev–Trinajstić information content (AvgIpc) is 2.47. The van der Waals surface area contributed by atoms with Gasteiger partial charge in [-0.2, -0.15) is 0 Å². The molecule has 0 fully saturated rings. The number of ether oxygens (including phenoxy) is 1. The molecule has 1 aromatic carbocycles. The van der Waals surface area contributed by atoms with Gasteiger partial charge >= 0.3 is 5.97 Å². The zero-order chi connectivity index (χ0) is 16.3. The highest BCUT2D eigenvalue weighted by Crippen LogP contribution is 2.29. The molecular weight excluding hydrogens is 374 g/mol. The van der Waals surface area contributed by atoms with Crippen LogP contribution in [-0.2, 0) is 15.6 Å². The second-order valence-corrected chi connectivity index (χ2v) is 7.31. The first-order valence-electron chi connectivity index (χ1n) is 6.07. The fraction of sp³-hybridized carbons (Fsp3) is 0.143. The largest absolute Gasteiger partial charge is 0.495 e. The number of hydrogen-bond acceptors (Lipinski definition) is 5. The van der Waals surface area contributed by atoms with Crippen molar-refractivity contribution in [2.75, 3.05) is 7.11 Å². The van der Waals surface area contributed by atoms with Crippen LogP contribution >= 0.6 is 15.9 Å². The minimum absolute atomic E-state index is 0.0325. The van der Waals surface area contributed by atoms with E-state index in [1.54, 1.807) is 12.1 Å². The highest BCUT2D eigenvalue weighted by Gasteiger charge is 2.21. The number of carboxylic acid groups (broad SMARTS) is 1. The van der Waals surface area contributed by atoms with Crippen molar-refractivity contribution in [3.05, 3.63) is 52.3 Å². The smallest absolute Gasteiger partial charge is 0.337 e. The van der Waals surface area contributed by atoms with Gasteiger partial charge in [-0.05, 0) is 29.8 Å². The van der Waals surface area contributed by atoms with E-state index in [4.69, 9.17) is 9.84 Å². The van der Waals surface area contributed by atoms with E-state index in [-0.39, 0.29) is 22.0 Å². The quantitative estimate of drug-likeness (QED) is 0.849. The Kier molecular flexibility index (Phi) is 4.82. The van der Waals surface area contributed by atoms with E-state index >= 15 is 0 Å². The zero-order valence-corrected chi connectivity index (χ0v) is 13.9. The molecule has 0 saturated carbocycles. The monoisotopic (exact) mass is 385 g/mol. The molecule has 0 bridgehead atoms. The van der Waals surface area contributed by atoms with Gasteiger partial charge in [-0.25, -0.2) is 13.2 Å². The molecule has 0 atom stereocenters. The molecule has 1 heterocycles. The molecule has 116 valence electrons. The van der Waals surface area contributed by atoms with Gasteiger partial charge in [0, 0.05) is 16.9 Å². The van der Waals surface area contributed by atoms with E-state index in [1.807, 2.05) is 0 Å². The molecule has 0 unspecified atom stereocenters. The SMILES string of the molecule is COc1ccc(Br)cc1S(=O)(=O)Cc1cncc(C(=O)O)c1. The lowest BCUT2D eigenvalue weighted by Gasteiger charge is -2.10. The van der Waals surface area contributed by atoms with Crippen LogP contribution in [0, 0.1) is 0 Å². The van der Waals surface area contributed by atoms with Gasteiger partial charge in [-0.1, -0.05) is 15.9 Å². The second-order valence-electron chi connectivity index (χ2n) is 4.44. The lowest BCUT2D eigenvalue weighted by molar-refractivity contribution is 0.0696. The third kappa shape index (κ3) is 3.63. The van der Waals surface area contributed by atoms with Crippen molar-refractivity contribution in [2.45, 2.75) is 10.6 Å². The number of nitrogens with zero attached hydrogens (tertiary/aromatic N) is 1. The van der Waals surface area contributed by atoms with Gasteiger partial charge in [0.05, 0.1) is 18.4 Å². The number of hydrogen-bond donors (Lipinski definition) is 1. The van der Waals surface area contributed by atoms with Crippen LogP contribution in [-0.4, -0.2) is 31.6 Å². The maximum absolute atomic E-state index is 12.5. The van der Waals surface area contributed by atoms with E-state index in [9.17, 15) is 13.2 Å². The summed E-state index contributed by atoms with van der Waals surface area (Å²) in [6.07, 6.45) is 2.49. The lowest BCUT2D eigenvalue weighted by Crippen LogP contribution is -2.08. The highest BCUT2D eigenvalue weighted by atomic mass is 79.9. The van der Waals surface area contributed by atoms with Gasteiger partial charge in [0.15, 0.2) is 9.84 Å².